The molecule has 4 heteroatoms. The maximum atomic E-state index is 6.29. The van der Waals surface area contributed by atoms with Crippen molar-refractivity contribution in [2.24, 2.45) is 11.8 Å². The van der Waals surface area contributed by atoms with E-state index in [0.29, 0.717) is 11.8 Å². The predicted molar refractivity (Wildman–Crippen MR) is 205 cm³/mol. The molecule has 0 unspecified atom stereocenters. The molecule has 0 atom stereocenters. The molecule has 0 saturated carbocycles. The first-order chi connectivity index (χ1) is 23.6. The van der Waals surface area contributed by atoms with Gasteiger partial charge in [0.05, 0.1) is 5.58 Å². The first-order valence-corrected chi connectivity index (χ1v) is 17.4. The van der Waals surface area contributed by atoms with Crippen molar-refractivity contribution >= 4 is 21.9 Å². The first-order valence-electron chi connectivity index (χ1n) is 17.4. The molecule has 7 aromatic rings. The zero-order valence-corrected chi connectivity index (χ0v) is 32.6. The molecular weight excluding hydrogens is 789 g/mol. The zero-order chi connectivity index (χ0) is 34.5. The predicted octanol–water partition coefficient (Wildman–Crippen LogP) is 11.9. The molecule has 0 fully saturated rings. The van der Waals surface area contributed by atoms with Gasteiger partial charge in [0.2, 0.25) is 0 Å². The Hall–Kier alpha value is -4.37. The molecule has 0 bridgehead atoms. The van der Waals surface area contributed by atoms with Gasteiger partial charge in [-0.3, -0.25) is 0 Å². The number of aryl methyl sites for hydroxylation is 3. The number of hydrogen-bond donors (Lipinski definition) is 0. The van der Waals surface area contributed by atoms with E-state index in [2.05, 4.69) is 132 Å². The Morgan fingerprint density at radius 2 is 1.26 bits per heavy atom. The van der Waals surface area contributed by atoms with Crippen LogP contribution in [0.1, 0.15) is 66.6 Å². The van der Waals surface area contributed by atoms with Crippen molar-refractivity contribution in [2.75, 3.05) is 0 Å². The Morgan fingerprint density at radius 3 is 1.86 bits per heavy atom. The number of nitrogens with zero attached hydrogens (tertiary/aromatic N) is 2. The van der Waals surface area contributed by atoms with Crippen LogP contribution in [0.5, 0.6) is 0 Å². The van der Waals surface area contributed by atoms with Gasteiger partial charge in [0, 0.05) is 37.9 Å². The molecule has 0 aliphatic heterocycles. The van der Waals surface area contributed by atoms with Crippen molar-refractivity contribution in [1.29, 1.82) is 0 Å². The van der Waals surface area contributed by atoms with Crippen LogP contribution >= 0.6 is 0 Å². The van der Waals surface area contributed by atoms with E-state index in [4.69, 9.17) is 9.40 Å². The monoisotopic (exact) mass is 835 g/mol. The quantitative estimate of drug-likeness (QED) is 0.143. The van der Waals surface area contributed by atoms with E-state index in [1.165, 1.54) is 33.4 Å². The van der Waals surface area contributed by atoms with Gasteiger partial charge in [0.1, 0.15) is 5.58 Å². The summed E-state index contributed by atoms with van der Waals surface area (Å²) in [6.07, 6.45) is 6.90. The summed E-state index contributed by atoms with van der Waals surface area (Å²) in [4.78, 5) is 9.29. The standard InChI is InChI=1S/C29H26NO.C17H20N.Ir/c1-19(2)13-22-17-27(30-18-20(22)3)23-15-24(14-21-9-5-4-6-10-21)29-26(16-23)25-11-7-8-12-28(25)31-29;1-12(2)9-16-10-17(18-11-14(16)4)15-7-5-13(3)6-8-15;/h4-12,16-19H,13-14H2,1-3H3;5-7,10-12H,9H2,1-4H3;/q2*-1;. The molecule has 50 heavy (non-hydrogen) atoms. The van der Waals surface area contributed by atoms with Gasteiger partial charge in [-0.05, 0) is 79.1 Å². The number of furan rings is 1. The maximum Gasteiger partial charge on any atom is 0.120 e. The Morgan fingerprint density at radius 1 is 0.660 bits per heavy atom. The summed E-state index contributed by atoms with van der Waals surface area (Å²) in [6.45, 7) is 15.4. The van der Waals surface area contributed by atoms with Crippen molar-refractivity contribution in [3.8, 4) is 22.5 Å². The van der Waals surface area contributed by atoms with E-state index in [1.54, 1.807) is 0 Å². The average Bonchev–Trinajstić information content (AvgIpc) is 3.47. The van der Waals surface area contributed by atoms with Crippen LogP contribution in [0.2, 0.25) is 0 Å². The van der Waals surface area contributed by atoms with Crippen LogP contribution in [0.25, 0.3) is 44.5 Å². The van der Waals surface area contributed by atoms with Gasteiger partial charge in [0.15, 0.2) is 0 Å². The average molecular weight is 835 g/mol. The van der Waals surface area contributed by atoms with Crippen molar-refractivity contribution in [3.63, 3.8) is 0 Å². The second kappa shape index (κ2) is 16.6. The number of aromatic nitrogens is 2. The van der Waals surface area contributed by atoms with E-state index in [9.17, 15) is 0 Å². The molecule has 3 heterocycles. The summed E-state index contributed by atoms with van der Waals surface area (Å²) < 4.78 is 6.29. The third-order valence-electron chi connectivity index (χ3n) is 8.91. The summed E-state index contributed by atoms with van der Waals surface area (Å²) in [7, 11) is 0. The van der Waals surface area contributed by atoms with Gasteiger partial charge in [-0.25, -0.2) is 0 Å². The van der Waals surface area contributed by atoms with Gasteiger partial charge < -0.3 is 14.4 Å². The van der Waals surface area contributed by atoms with Crippen LogP contribution in [0, 0.1) is 44.7 Å². The fourth-order valence-corrected chi connectivity index (χ4v) is 6.30. The number of para-hydroxylation sites is 1. The number of pyridine rings is 2. The van der Waals surface area contributed by atoms with Crippen molar-refractivity contribution in [3.05, 3.63) is 154 Å². The van der Waals surface area contributed by atoms with Gasteiger partial charge in [-0.2, -0.15) is 0 Å². The van der Waals surface area contributed by atoms with Gasteiger partial charge in [0.25, 0.3) is 0 Å². The molecule has 0 aliphatic rings. The fourth-order valence-electron chi connectivity index (χ4n) is 6.30. The minimum atomic E-state index is 0. The molecule has 4 aromatic carbocycles. The second-order valence-corrected chi connectivity index (χ2v) is 14.1. The Labute approximate surface area is 311 Å². The molecular formula is C46H46IrN2O-2. The molecule has 0 spiro atoms. The van der Waals surface area contributed by atoms with E-state index < -0.39 is 0 Å². The molecule has 0 N–H and O–H groups in total. The van der Waals surface area contributed by atoms with Crippen LogP contribution in [0.3, 0.4) is 0 Å². The van der Waals surface area contributed by atoms with Crippen molar-refractivity contribution in [1.82, 2.24) is 9.97 Å². The smallest absolute Gasteiger partial charge is 0.120 e. The van der Waals surface area contributed by atoms with Crippen LogP contribution in [-0.2, 0) is 39.4 Å². The number of fused-ring (bicyclic) bond motifs is 3. The first kappa shape index (κ1) is 36.9. The summed E-state index contributed by atoms with van der Waals surface area (Å²) in [5.41, 5.74) is 14.7. The van der Waals surface area contributed by atoms with E-state index in [-0.39, 0.29) is 20.1 Å². The third-order valence-corrected chi connectivity index (χ3v) is 8.91. The van der Waals surface area contributed by atoms with Crippen molar-refractivity contribution < 1.29 is 24.5 Å². The SMILES string of the molecule is Cc1c[c-]c(-c2cc(CC(C)C)c(C)cn2)cc1.Cc1cnc(-c2[c-]c(Cc3ccccc3)c3oc4ccccc4c3c2)cc1CC(C)C.[Ir]. The number of hydrogen-bond acceptors (Lipinski definition) is 3. The van der Waals surface area contributed by atoms with Crippen LogP contribution in [-0.4, -0.2) is 9.97 Å². The van der Waals surface area contributed by atoms with Crippen LogP contribution in [0.15, 0.2) is 108 Å². The molecule has 3 aromatic heterocycles. The molecule has 1 radical (unpaired) electrons. The third kappa shape index (κ3) is 8.85. The van der Waals surface area contributed by atoms with E-state index in [1.807, 2.05) is 36.7 Å². The fraction of sp³-hybridized carbons (Fsp3) is 0.261. The topological polar surface area (TPSA) is 38.9 Å². The van der Waals surface area contributed by atoms with Crippen molar-refractivity contribution in [2.45, 2.75) is 67.7 Å². The van der Waals surface area contributed by atoms with Gasteiger partial charge >= 0.3 is 0 Å². The Bertz CT molecular complexity index is 2180. The number of benzene rings is 4. The minimum absolute atomic E-state index is 0. The summed E-state index contributed by atoms with van der Waals surface area (Å²) in [5, 5.41) is 2.26. The molecule has 0 saturated heterocycles. The van der Waals surface area contributed by atoms with Gasteiger partial charge in [-0.1, -0.05) is 117 Å². The van der Waals surface area contributed by atoms with Gasteiger partial charge in [-0.15, -0.1) is 53.1 Å². The minimum Gasteiger partial charge on any atom is -0.500 e. The second-order valence-electron chi connectivity index (χ2n) is 14.1. The summed E-state index contributed by atoms with van der Waals surface area (Å²) in [5.74, 6) is 1.27. The van der Waals surface area contributed by atoms with E-state index >= 15 is 0 Å². The summed E-state index contributed by atoms with van der Waals surface area (Å²) >= 11 is 0. The number of rotatable bonds is 8. The zero-order valence-electron chi connectivity index (χ0n) is 30.2. The molecule has 257 valence electrons. The molecule has 7 rings (SSSR count). The van der Waals surface area contributed by atoms with E-state index in [0.717, 1.165) is 69.3 Å². The largest absolute Gasteiger partial charge is 0.500 e. The normalized spacial score (nSPS) is 11.1. The molecule has 3 nitrogen and oxygen atoms in total. The maximum absolute atomic E-state index is 6.29. The Balaban J connectivity index is 0.000000219. The molecule has 0 amide bonds. The Kier molecular flexibility index (Phi) is 12.2. The summed E-state index contributed by atoms with van der Waals surface area (Å²) in [6, 6.07) is 38.5. The van der Waals surface area contributed by atoms with Crippen LogP contribution < -0.4 is 0 Å². The molecule has 0 aliphatic carbocycles. The van der Waals surface area contributed by atoms with Crippen LogP contribution in [0.4, 0.5) is 0 Å².